The number of likely N-dealkylation sites (tertiary alicyclic amines) is 2. The molecule has 31 heavy (non-hydrogen) atoms. The van der Waals surface area contributed by atoms with Crippen LogP contribution in [0.15, 0.2) is 48.9 Å². The van der Waals surface area contributed by atoms with Gasteiger partial charge in [-0.3, -0.25) is 14.1 Å². The number of carbonyl (C=O) groups excluding carboxylic acids is 1. The molecule has 0 unspecified atom stereocenters. The van der Waals surface area contributed by atoms with Crippen LogP contribution in [-0.2, 0) is 6.54 Å². The third-order valence-electron chi connectivity index (χ3n) is 6.98. The molecular formula is C25H31N5O. The van der Waals surface area contributed by atoms with Crippen molar-refractivity contribution in [2.75, 3.05) is 19.6 Å². The molecule has 0 spiro atoms. The minimum Gasteiger partial charge on any atom is -0.334 e. The van der Waals surface area contributed by atoms with E-state index in [0.717, 1.165) is 51.9 Å². The number of benzene rings is 1. The Morgan fingerprint density at radius 3 is 2.58 bits per heavy atom. The molecule has 0 bridgehead atoms. The van der Waals surface area contributed by atoms with Gasteiger partial charge in [-0.2, -0.15) is 0 Å². The van der Waals surface area contributed by atoms with E-state index in [4.69, 9.17) is 0 Å². The van der Waals surface area contributed by atoms with Crippen molar-refractivity contribution in [3.63, 3.8) is 0 Å². The van der Waals surface area contributed by atoms with Crippen molar-refractivity contribution in [3.05, 3.63) is 65.9 Å². The quantitative estimate of drug-likeness (QED) is 0.641. The summed E-state index contributed by atoms with van der Waals surface area (Å²) in [6.07, 6.45) is 9.20. The minimum absolute atomic E-state index is 0.0250. The molecular weight excluding hydrogens is 386 g/mol. The number of piperidine rings is 2. The fourth-order valence-electron chi connectivity index (χ4n) is 5.17. The molecule has 2 aliphatic rings. The maximum atomic E-state index is 13.2. The molecule has 1 amide bonds. The van der Waals surface area contributed by atoms with Crippen molar-refractivity contribution in [1.29, 1.82) is 0 Å². The summed E-state index contributed by atoms with van der Waals surface area (Å²) in [6.45, 7) is 6.12. The Bertz CT molecular complexity index is 1040. The Morgan fingerprint density at radius 2 is 1.81 bits per heavy atom. The number of hydrogen-bond donors (Lipinski definition) is 0. The van der Waals surface area contributed by atoms with Gasteiger partial charge in [-0.1, -0.05) is 30.3 Å². The van der Waals surface area contributed by atoms with Crippen LogP contribution in [0.1, 0.15) is 66.7 Å². The molecule has 2 saturated heterocycles. The first-order valence-electron chi connectivity index (χ1n) is 11.6. The van der Waals surface area contributed by atoms with Crippen LogP contribution in [0, 0.1) is 0 Å². The first-order chi connectivity index (χ1) is 15.2. The Morgan fingerprint density at radius 1 is 1.00 bits per heavy atom. The second-order valence-electron chi connectivity index (χ2n) is 9.04. The van der Waals surface area contributed by atoms with Crippen LogP contribution < -0.4 is 0 Å². The summed E-state index contributed by atoms with van der Waals surface area (Å²) in [5.74, 6) is 0.487. The van der Waals surface area contributed by atoms with Gasteiger partial charge in [0.05, 0.1) is 0 Å². The third-order valence-corrected chi connectivity index (χ3v) is 6.98. The highest BCUT2D eigenvalue weighted by molar-refractivity contribution is 5.98. The van der Waals surface area contributed by atoms with Crippen LogP contribution in [-0.4, -0.2) is 55.8 Å². The summed E-state index contributed by atoms with van der Waals surface area (Å²) in [5.41, 5.74) is 3.80. The molecule has 0 saturated carbocycles. The predicted molar refractivity (Wildman–Crippen MR) is 121 cm³/mol. The standard InChI is InChI=1S/C25H31N5O/c1-19-7-5-6-14-29(19)25(31)23-24-26-13-10-22(30(24)18-27-23)21-11-15-28(16-12-21)17-20-8-3-2-4-9-20/h2-4,8-10,13,18-19,21H,5-7,11-12,14-17H2,1H3/t19-/m0/s1. The van der Waals surface area contributed by atoms with Gasteiger partial charge in [0, 0.05) is 36.9 Å². The topological polar surface area (TPSA) is 53.7 Å². The summed E-state index contributed by atoms with van der Waals surface area (Å²) >= 11 is 0. The number of nitrogens with zero attached hydrogens (tertiary/aromatic N) is 5. The summed E-state index contributed by atoms with van der Waals surface area (Å²) in [6, 6.07) is 13.1. The first kappa shape index (κ1) is 20.2. The van der Waals surface area contributed by atoms with Crippen molar-refractivity contribution < 1.29 is 4.79 Å². The largest absolute Gasteiger partial charge is 0.334 e. The molecule has 0 aliphatic carbocycles. The molecule has 6 nitrogen and oxygen atoms in total. The van der Waals surface area contributed by atoms with E-state index in [1.807, 2.05) is 11.1 Å². The molecule has 2 aromatic heterocycles. The second kappa shape index (κ2) is 8.79. The normalized spacial score (nSPS) is 20.9. The van der Waals surface area contributed by atoms with Crippen LogP contribution >= 0.6 is 0 Å². The summed E-state index contributed by atoms with van der Waals surface area (Å²) in [4.78, 5) is 26.8. The first-order valence-corrected chi connectivity index (χ1v) is 11.6. The fraction of sp³-hybridized carbons (Fsp3) is 0.480. The van der Waals surface area contributed by atoms with Crippen molar-refractivity contribution in [2.45, 2.75) is 57.5 Å². The zero-order valence-electron chi connectivity index (χ0n) is 18.3. The second-order valence-corrected chi connectivity index (χ2v) is 9.04. The highest BCUT2D eigenvalue weighted by Crippen LogP contribution is 2.30. The van der Waals surface area contributed by atoms with Gasteiger partial charge in [0.1, 0.15) is 6.33 Å². The van der Waals surface area contributed by atoms with Gasteiger partial charge < -0.3 is 4.90 Å². The molecule has 5 rings (SSSR count). The number of imidazole rings is 1. The van der Waals surface area contributed by atoms with E-state index in [1.54, 1.807) is 6.33 Å². The molecule has 1 aromatic carbocycles. The average Bonchev–Trinajstić information content (AvgIpc) is 3.25. The number of rotatable bonds is 4. The molecule has 4 heterocycles. The van der Waals surface area contributed by atoms with Crippen LogP contribution in [0.5, 0.6) is 0 Å². The zero-order chi connectivity index (χ0) is 21.2. The van der Waals surface area contributed by atoms with Gasteiger partial charge in [-0.15, -0.1) is 0 Å². The maximum Gasteiger partial charge on any atom is 0.276 e. The number of aromatic nitrogens is 3. The Kier molecular flexibility index (Phi) is 5.72. The Balaban J connectivity index is 1.32. The van der Waals surface area contributed by atoms with Crippen molar-refractivity contribution in [1.82, 2.24) is 24.2 Å². The Labute approximate surface area is 183 Å². The van der Waals surface area contributed by atoms with Crippen LogP contribution in [0.2, 0.25) is 0 Å². The van der Waals surface area contributed by atoms with Gasteiger partial charge in [-0.05, 0) is 63.7 Å². The monoisotopic (exact) mass is 417 g/mol. The van der Waals surface area contributed by atoms with Gasteiger partial charge in [-0.25, -0.2) is 9.97 Å². The lowest BCUT2D eigenvalue weighted by Gasteiger charge is -2.33. The molecule has 6 heteroatoms. The predicted octanol–water partition coefficient (Wildman–Crippen LogP) is 4.12. The highest BCUT2D eigenvalue weighted by Gasteiger charge is 2.29. The lowest BCUT2D eigenvalue weighted by Crippen LogP contribution is -2.42. The Hall–Kier alpha value is -2.73. The number of amides is 1. The molecule has 0 N–H and O–H groups in total. The van der Waals surface area contributed by atoms with Crippen molar-refractivity contribution in [3.8, 4) is 0 Å². The summed E-state index contributed by atoms with van der Waals surface area (Å²) < 4.78 is 2.05. The van der Waals surface area contributed by atoms with E-state index in [2.05, 4.69) is 62.6 Å². The summed E-state index contributed by atoms with van der Waals surface area (Å²) in [5, 5.41) is 0. The SMILES string of the molecule is C[C@H]1CCCCN1C(=O)c1ncn2c(C3CCN(Cc4ccccc4)CC3)ccnc12. The van der Waals surface area contributed by atoms with E-state index in [-0.39, 0.29) is 11.9 Å². The van der Waals surface area contributed by atoms with E-state index < -0.39 is 0 Å². The van der Waals surface area contributed by atoms with E-state index in [1.165, 1.54) is 17.7 Å². The third kappa shape index (κ3) is 4.09. The van der Waals surface area contributed by atoms with Crippen LogP contribution in [0.3, 0.4) is 0 Å². The van der Waals surface area contributed by atoms with Crippen LogP contribution in [0.25, 0.3) is 5.65 Å². The van der Waals surface area contributed by atoms with Crippen LogP contribution in [0.4, 0.5) is 0 Å². The van der Waals surface area contributed by atoms with E-state index in [0.29, 0.717) is 17.3 Å². The molecule has 3 aromatic rings. The fourth-order valence-corrected chi connectivity index (χ4v) is 5.17. The average molecular weight is 418 g/mol. The lowest BCUT2D eigenvalue weighted by atomic mass is 9.93. The smallest absolute Gasteiger partial charge is 0.276 e. The number of fused-ring (bicyclic) bond motifs is 1. The lowest BCUT2D eigenvalue weighted by molar-refractivity contribution is 0.0632. The summed E-state index contributed by atoms with van der Waals surface area (Å²) in [7, 11) is 0. The van der Waals surface area contributed by atoms with Gasteiger partial charge >= 0.3 is 0 Å². The van der Waals surface area contributed by atoms with Crippen molar-refractivity contribution >= 4 is 11.6 Å². The number of hydrogen-bond acceptors (Lipinski definition) is 4. The van der Waals surface area contributed by atoms with Gasteiger partial charge in [0.15, 0.2) is 11.3 Å². The molecule has 2 fully saturated rings. The van der Waals surface area contributed by atoms with Crippen molar-refractivity contribution in [2.24, 2.45) is 0 Å². The molecule has 0 radical (unpaired) electrons. The molecule has 2 aliphatic heterocycles. The maximum absolute atomic E-state index is 13.2. The number of carbonyl (C=O) groups is 1. The molecule has 162 valence electrons. The highest BCUT2D eigenvalue weighted by atomic mass is 16.2. The van der Waals surface area contributed by atoms with E-state index in [9.17, 15) is 4.79 Å². The zero-order valence-corrected chi connectivity index (χ0v) is 18.3. The molecule has 1 atom stereocenters. The minimum atomic E-state index is 0.0250. The van der Waals surface area contributed by atoms with E-state index >= 15 is 0 Å². The van der Waals surface area contributed by atoms with Gasteiger partial charge in [0.25, 0.3) is 5.91 Å². The van der Waals surface area contributed by atoms with Gasteiger partial charge in [0.2, 0.25) is 0 Å².